The summed E-state index contributed by atoms with van der Waals surface area (Å²) < 4.78 is 12.2. The minimum atomic E-state index is -1.27. The van der Waals surface area contributed by atoms with Gasteiger partial charge < -0.3 is 30.1 Å². The van der Waals surface area contributed by atoms with Gasteiger partial charge in [0.25, 0.3) is 11.8 Å². The Hall–Kier alpha value is -6.33. The van der Waals surface area contributed by atoms with E-state index in [2.05, 4.69) is 10.6 Å². The Labute approximate surface area is 360 Å². The van der Waals surface area contributed by atoms with E-state index >= 15 is 0 Å². The van der Waals surface area contributed by atoms with E-state index in [1.807, 2.05) is 42.5 Å². The number of carbonyl (C=O) groups is 4. The van der Waals surface area contributed by atoms with Gasteiger partial charge in [0.2, 0.25) is 12.0 Å². The number of anilines is 1. The zero-order chi connectivity index (χ0) is 41.9. The average molecular weight is 861 g/mol. The minimum absolute atomic E-state index is 0.0183. The lowest BCUT2D eigenvalue weighted by Crippen LogP contribution is -2.56. The smallest absolute Gasteiger partial charge is 0.326 e. The number of carboxylic acids is 1. The molecular weight excluding hydrogens is 825 g/mol. The number of amides is 3. The Kier molecular flexibility index (Phi) is 11.8. The highest BCUT2D eigenvalue weighted by Gasteiger charge is 2.39. The highest BCUT2D eigenvalue weighted by molar-refractivity contribution is 6.42. The molecule has 3 atom stereocenters. The molecule has 6 aromatic carbocycles. The molecule has 302 valence electrons. The molecule has 2 aliphatic heterocycles. The van der Waals surface area contributed by atoms with Crippen LogP contribution in [0.25, 0.3) is 11.1 Å². The molecule has 10 nitrogen and oxygen atoms in total. The first kappa shape index (κ1) is 40.4. The molecule has 60 heavy (non-hydrogen) atoms. The molecule has 8 rings (SSSR count). The summed E-state index contributed by atoms with van der Waals surface area (Å²) in [5, 5.41) is 17.4. The first-order chi connectivity index (χ1) is 29.0. The van der Waals surface area contributed by atoms with Crippen LogP contribution in [0.15, 0.2) is 133 Å². The number of benzene rings is 6. The van der Waals surface area contributed by atoms with Gasteiger partial charge in [-0.15, -0.1) is 0 Å². The predicted molar refractivity (Wildman–Crippen MR) is 230 cm³/mol. The monoisotopic (exact) mass is 859 g/mol. The van der Waals surface area contributed by atoms with Gasteiger partial charge in [-0.1, -0.05) is 108 Å². The molecule has 2 heterocycles. The molecule has 13 heteroatoms. The molecule has 3 amide bonds. The van der Waals surface area contributed by atoms with E-state index in [4.69, 9.17) is 44.3 Å². The molecule has 6 aromatic rings. The van der Waals surface area contributed by atoms with Crippen molar-refractivity contribution in [3.8, 4) is 22.6 Å². The van der Waals surface area contributed by atoms with E-state index in [9.17, 15) is 24.3 Å². The van der Waals surface area contributed by atoms with Crippen LogP contribution in [0.1, 0.15) is 44.3 Å². The first-order valence-electron chi connectivity index (χ1n) is 19.0. The molecule has 3 N–H and O–H groups in total. The van der Waals surface area contributed by atoms with E-state index < -0.39 is 36.0 Å². The maximum atomic E-state index is 14.1. The summed E-state index contributed by atoms with van der Waals surface area (Å²) in [5.41, 5.74) is 6.26. The maximum Gasteiger partial charge on any atom is 0.326 e. The first-order valence-corrected chi connectivity index (χ1v) is 20.2. The highest BCUT2D eigenvalue weighted by atomic mass is 35.5. The lowest BCUT2D eigenvalue weighted by atomic mass is 9.91. The standard InChI is InChI=1S/C47H36Cl3N3O7/c48-35-15-11-30(12-16-35)29-9-6-27(7-10-29)21-40(47(57)58)52-44(54)41-23-33-22-39-42(24-34(33)25-53(41)46(56)32-4-2-1-3-5-32)60-43(45(55)51-39)31-13-17-36(18-14-31)59-26-28-8-19-37(49)38(50)20-28/h1-20,22,24,40-41,43H,21,23,25-26H2,(H,51,55)(H,52,54)(H,57,58)/t40-,41?,43?/m0/s1. The van der Waals surface area contributed by atoms with Crippen LogP contribution in [0.3, 0.4) is 0 Å². The quantitative estimate of drug-likeness (QED) is 0.118. The third kappa shape index (κ3) is 8.96. The Morgan fingerprint density at radius 1 is 0.800 bits per heavy atom. The van der Waals surface area contributed by atoms with E-state index in [-0.39, 0.29) is 31.9 Å². The number of ether oxygens (including phenoxy) is 2. The number of hydrogen-bond donors (Lipinski definition) is 3. The van der Waals surface area contributed by atoms with E-state index in [0.29, 0.717) is 54.5 Å². The SMILES string of the molecule is O=C1Nc2cc3c(cc2OC1c1ccc(OCc2ccc(Cl)c(Cl)c2)cc1)CN(C(=O)c1ccccc1)C(C(=O)N[C@@H](Cc1ccc(-c2ccc(Cl)cc2)cc1)C(=O)O)C3. The summed E-state index contributed by atoms with van der Waals surface area (Å²) in [6, 6.07) is 36.9. The van der Waals surface area contributed by atoms with Crippen LogP contribution in [0.2, 0.25) is 15.1 Å². The van der Waals surface area contributed by atoms with E-state index in [1.165, 1.54) is 4.90 Å². The van der Waals surface area contributed by atoms with Crippen molar-refractivity contribution in [1.82, 2.24) is 10.2 Å². The van der Waals surface area contributed by atoms with Gasteiger partial charge in [-0.25, -0.2) is 4.79 Å². The summed E-state index contributed by atoms with van der Waals surface area (Å²) in [6.45, 7) is 0.299. The number of nitrogens with one attached hydrogen (secondary N) is 2. The van der Waals surface area contributed by atoms with Crippen molar-refractivity contribution in [2.24, 2.45) is 0 Å². The van der Waals surface area contributed by atoms with Crippen molar-refractivity contribution >= 4 is 64.2 Å². The Bertz CT molecular complexity index is 2590. The number of carboxylic acid groups (broad SMARTS) is 1. The van der Waals surface area contributed by atoms with Crippen LogP contribution in [0.5, 0.6) is 11.5 Å². The minimum Gasteiger partial charge on any atom is -0.489 e. The second-order valence-corrected chi connectivity index (χ2v) is 15.8. The normalized spacial score (nSPS) is 16.1. The fourth-order valence-electron chi connectivity index (χ4n) is 7.32. The van der Waals surface area contributed by atoms with Gasteiger partial charge in [-0.05, 0) is 94.0 Å². The second-order valence-electron chi connectivity index (χ2n) is 14.5. The summed E-state index contributed by atoms with van der Waals surface area (Å²) in [7, 11) is 0. The average Bonchev–Trinajstić information content (AvgIpc) is 3.26. The van der Waals surface area contributed by atoms with E-state index in [0.717, 1.165) is 22.3 Å². The Morgan fingerprint density at radius 3 is 2.17 bits per heavy atom. The predicted octanol–water partition coefficient (Wildman–Crippen LogP) is 9.34. The number of halogens is 3. The van der Waals surface area contributed by atoms with Crippen molar-refractivity contribution in [3.63, 3.8) is 0 Å². The summed E-state index contributed by atoms with van der Waals surface area (Å²) in [4.78, 5) is 55.6. The van der Waals surface area contributed by atoms with Gasteiger partial charge in [0, 0.05) is 35.5 Å². The second kappa shape index (κ2) is 17.5. The number of rotatable bonds is 11. The zero-order valence-corrected chi connectivity index (χ0v) is 34.0. The van der Waals surface area contributed by atoms with Crippen molar-refractivity contribution in [3.05, 3.63) is 182 Å². The number of aliphatic carboxylic acids is 1. The molecule has 0 aliphatic carbocycles. The van der Waals surface area contributed by atoms with Crippen molar-refractivity contribution in [2.75, 3.05) is 5.32 Å². The molecule has 2 unspecified atom stereocenters. The summed E-state index contributed by atoms with van der Waals surface area (Å²) >= 11 is 18.2. The third-order valence-electron chi connectivity index (χ3n) is 10.5. The summed E-state index contributed by atoms with van der Waals surface area (Å²) in [5.74, 6) is -1.62. The molecule has 0 spiro atoms. The fourth-order valence-corrected chi connectivity index (χ4v) is 7.76. The highest BCUT2D eigenvalue weighted by Crippen LogP contribution is 2.40. The third-order valence-corrected chi connectivity index (χ3v) is 11.5. The van der Waals surface area contributed by atoms with Gasteiger partial charge in [0.05, 0.1) is 15.7 Å². The number of carbonyl (C=O) groups excluding carboxylic acids is 3. The van der Waals surface area contributed by atoms with Crippen LogP contribution in [-0.4, -0.2) is 45.8 Å². The van der Waals surface area contributed by atoms with Crippen LogP contribution in [0, 0.1) is 0 Å². The van der Waals surface area contributed by atoms with Crippen LogP contribution < -0.4 is 20.1 Å². The van der Waals surface area contributed by atoms with Crippen LogP contribution >= 0.6 is 34.8 Å². The zero-order valence-electron chi connectivity index (χ0n) is 31.7. The number of fused-ring (bicyclic) bond motifs is 2. The topological polar surface area (TPSA) is 134 Å². The number of hydrogen-bond acceptors (Lipinski definition) is 6. The van der Waals surface area contributed by atoms with Gasteiger partial charge in [0.1, 0.15) is 30.2 Å². The van der Waals surface area contributed by atoms with Gasteiger partial charge in [-0.3, -0.25) is 14.4 Å². The molecule has 0 radical (unpaired) electrons. The van der Waals surface area contributed by atoms with Crippen molar-refractivity contribution in [1.29, 1.82) is 0 Å². The van der Waals surface area contributed by atoms with Crippen molar-refractivity contribution < 1.29 is 33.8 Å². The summed E-state index contributed by atoms with van der Waals surface area (Å²) in [6.07, 6.45) is -0.881. The molecule has 0 saturated carbocycles. The molecule has 0 aromatic heterocycles. The molecule has 0 fully saturated rings. The largest absolute Gasteiger partial charge is 0.489 e. The van der Waals surface area contributed by atoms with Gasteiger partial charge in [0.15, 0.2) is 0 Å². The lowest BCUT2D eigenvalue weighted by Gasteiger charge is -2.37. The fraction of sp³-hybridized carbons (Fsp3) is 0.149. The molecular formula is C47H36Cl3N3O7. The molecule has 0 bridgehead atoms. The van der Waals surface area contributed by atoms with Crippen LogP contribution in [-0.2, 0) is 40.4 Å². The molecule has 2 aliphatic rings. The van der Waals surface area contributed by atoms with Gasteiger partial charge >= 0.3 is 5.97 Å². The van der Waals surface area contributed by atoms with Gasteiger partial charge in [-0.2, -0.15) is 0 Å². The Balaban J connectivity index is 0.994. The maximum absolute atomic E-state index is 14.1. The van der Waals surface area contributed by atoms with Crippen LogP contribution in [0.4, 0.5) is 5.69 Å². The Morgan fingerprint density at radius 2 is 1.48 bits per heavy atom. The number of nitrogens with zero attached hydrogens (tertiary/aromatic N) is 1. The van der Waals surface area contributed by atoms with E-state index in [1.54, 1.807) is 91.0 Å². The molecule has 0 saturated heterocycles. The lowest BCUT2D eigenvalue weighted by molar-refractivity contribution is -0.142. The van der Waals surface area contributed by atoms with Crippen molar-refractivity contribution in [2.45, 2.75) is 44.2 Å².